The van der Waals surface area contributed by atoms with Crippen LogP contribution >= 0.6 is 0 Å². The SMILES string of the molecule is CC(c1nncn1Cc1ccccc1)N1CCC(N2CCCC2)C1.N#Cc1ccccc1. The van der Waals surface area contributed by atoms with Crippen molar-refractivity contribution < 1.29 is 0 Å². The number of nitriles is 1. The number of hydrogen-bond donors (Lipinski definition) is 0. The van der Waals surface area contributed by atoms with Crippen molar-refractivity contribution in [1.29, 1.82) is 5.26 Å². The van der Waals surface area contributed by atoms with Crippen molar-refractivity contribution in [1.82, 2.24) is 24.6 Å². The molecule has 2 atom stereocenters. The van der Waals surface area contributed by atoms with Gasteiger partial charge in [-0.2, -0.15) is 5.26 Å². The maximum Gasteiger partial charge on any atom is 0.150 e. The number of hydrogen-bond acceptors (Lipinski definition) is 5. The molecule has 0 saturated carbocycles. The standard InChI is InChI=1S/C19H27N5.C7H5N/c1-16(23-12-9-18(14-23)22-10-5-6-11-22)19-21-20-15-24(19)13-17-7-3-2-4-8-17;8-6-7-4-2-1-3-5-7/h2-4,7-8,15-16,18H,5-6,9-14H2,1H3;1-5H. The van der Waals surface area contributed by atoms with E-state index < -0.39 is 0 Å². The van der Waals surface area contributed by atoms with Gasteiger partial charge in [0.1, 0.15) is 12.2 Å². The minimum absolute atomic E-state index is 0.323. The summed E-state index contributed by atoms with van der Waals surface area (Å²) in [4.78, 5) is 5.26. The summed E-state index contributed by atoms with van der Waals surface area (Å²) in [5.41, 5.74) is 2.01. The van der Waals surface area contributed by atoms with Crippen LogP contribution < -0.4 is 0 Å². The Balaban J connectivity index is 0.000000260. The van der Waals surface area contributed by atoms with Crippen molar-refractivity contribution in [3.05, 3.63) is 83.9 Å². The number of benzene rings is 2. The maximum absolute atomic E-state index is 8.29. The van der Waals surface area contributed by atoms with Gasteiger partial charge >= 0.3 is 0 Å². The number of aromatic nitrogens is 3. The van der Waals surface area contributed by atoms with Crippen LogP contribution in [0.2, 0.25) is 0 Å². The molecule has 1 aromatic heterocycles. The second-order valence-corrected chi connectivity index (χ2v) is 8.64. The summed E-state index contributed by atoms with van der Waals surface area (Å²) >= 11 is 0. The number of rotatable bonds is 5. The van der Waals surface area contributed by atoms with E-state index in [2.05, 4.69) is 61.8 Å². The van der Waals surface area contributed by atoms with Crippen molar-refractivity contribution in [2.24, 2.45) is 0 Å². The van der Waals surface area contributed by atoms with Gasteiger partial charge in [-0.15, -0.1) is 10.2 Å². The molecule has 0 spiro atoms. The Bertz CT molecular complexity index is 988. The van der Waals surface area contributed by atoms with E-state index in [-0.39, 0.29) is 0 Å². The fourth-order valence-corrected chi connectivity index (χ4v) is 4.69. The molecular weight excluding hydrogens is 396 g/mol. The Hall–Kier alpha value is -3.01. The fraction of sp³-hybridized carbons (Fsp3) is 0.423. The molecule has 2 saturated heterocycles. The second kappa shape index (κ2) is 11.0. The highest BCUT2D eigenvalue weighted by molar-refractivity contribution is 5.27. The molecule has 32 heavy (non-hydrogen) atoms. The average Bonchev–Trinajstić information content (AvgIpc) is 3.62. The first-order valence-electron chi connectivity index (χ1n) is 11.6. The van der Waals surface area contributed by atoms with E-state index in [9.17, 15) is 0 Å². The van der Waals surface area contributed by atoms with Crippen LogP contribution in [0.1, 0.15) is 49.2 Å². The first-order valence-corrected chi connectivity index (χ1v) is 11.6. The van der Waals surface area contributed by atoms with Crippen molar-refractivity contribution >= 4 is 0 Å². The van der Waals surface area contributed by atoms with Crippen LogP contribution in [0.15, 0.2) is 67.0 Å². The van der Waals surface area contributed by atoms with Crippen LogP contribution in [0.25, 0.3) is 0 Å². The minimum atomic E-state index is 0.323. The summed E-state index contributed by atoms with van der Waals surface area (Å²) in [5, 5.41) is 16.9. The lowest BCUT2D eigenvalue weighted by molar-refractivity contribution is 0.201. The van der Waals surface area contributed by atoms with Crippen molar-refractivity contribution in [3.63, 3.8) is 0 Å². The van der Waals surface area contributed by atoms with Gasteiger partial charge in [0.25, 0.3) is 0 Å². The molecule has 5 rings (SSSR count). The predicted molar refractivity (Wildman–Crippen MR) is 126 cm³/mol. The molecule has 166 valence electrons. The number of nitrogens with zero attached hydrogens (tertiary/aromatic N) is 6. The van der Waals surface area contributed by atoms with Crippen molar-refractivity contribution in [3.8, 4) is 6.07 Å². The topological polar surface area (TPSA) is 61.0 Å². The van der Waals surface area contributed by atoms with E-state index in [0.29, 0.717) is 11.6 Å². The van der Waals surface area contributed by atoms with E-state index in [1.54, 1.807) is 12.1 Å². The molecule has 2 fully saturated rings. The normalized spacial score (nSPS) is 19.8. The summed E-state index contributed by atoms with van der Waals surface area (Å²) in [6.07, 6.45) is 5.90. The Kier molecular flexibility index (Phi) is 7.65. The monoisotopic (exact) mass is 428 g/mol. The van der Waals surface area contributed by atoms with E-state index in [0.717, 1.165) is 18.4 Å². The third kappa shape index (κ3) is 5.61. The Morgan fingerprint density at radius 3 is 2.34 bits per heavy atom. The summed E-state index contributed by atoms with van der Waals surface area (Å²) in [7, 11) is 0. The highest BCUT2D eigenvalue weighted by atomic mass is 15.3. The molecule has 2 aromatic carbocycles. The maximum atomic E-state index is 8.29. The van der Waals surface area contributed by atoms with Gasteiger partial charge in [-0.3, -0.25) is 9.80 Å². The van der Waals surface area contributed by atoms with Gasteiger partial charge in [-0.25, -0.2) is 0 Å². The smallest absolute Gasteiger partial charge is 0.150 e. The van der Waals surface area contributed by atoms with Gasteiger partial charge in [-0.1, -0.05) is 48.5 Å². The molecule has 2 aliphatic rings. The lowest BCUT2D eigenvalue weighted by atomic mass is 10.2. The fourth-order valence-electron chi connectivity index (χ4n) is 4.69. The minimum Gasteiger partial charge on any atom is -0.312 e. The highest BCUT2D eigenvalue weighted by Crippen LogP contribution is 2.27. The van der Waals surface area contributed by atoms with Crippen molar-refractivity contribution in [2.45, 2.75) is 44.8 Å². The van der Waals surface area contributed by atoms with E-state index in [1.165, 1.54) is 51.0 Å². The Morgan fingerprint density at radius 1 is 1.00 bits per heavy atom. The lowest BCUT2D eigenvalue weighted by Gasteiger charge is -2.27. The molecule has 0 amide bonds. The molecular formula is C26H32N6. The number of likely N-dealkylation sites (tertiary alicyclic amines) is 2. The van der Waals surface area contributed by atoms with E-state index in [1.807, 2.05) is 30.6 Å². The molecule has 6 heteroatoms. The second-order valence-electron chi connectivity index (χ2n) is 8.64. The molecule has 2 unspecified atom stereocenters. The molecule has 3 heterocycles. The van der Waals surface area contributed by atoms with E-state index in [4.69, 9.17) is 5.26 Å². The average molecular weight is 429 g/mol. The van der Waals surface area contributed by atoms with Crippen LogP contribution in [0, 0.1) is 11.3 Å². The zero-order valence-corrected chi connectivity index (χ0v) is 18.8. The van der Waals surface area contributed by atoms with Gasteiger partial charge in [0.05, 0.1) is 24.2 Å². The summed E-state index contributed by atoms with van der Waals surface area (Å²) < 4.78 is 2.20. The summed E-state index contributed by atoms with van der Waals surface area (Å²) in [5.74, 6) is 1.08. The molecule has 0 radical (unpaired) electrons. The first-order chi connectivity index (χ1) is 15.7. The van der Waals surface area contributed by atoms with Crippen LogP contribution in [-0.2, 0) is 6.54 Å². The van der Waals surface area contributed by atoms with Crippen LogP contribution in [0.4, 0.5) is 0 Å². The van der Waals surface area contributed by atoms with Crippen molar-refractivity contribution in [2.75, 3.05) is 26.2 Å². The zero-order valence-electron chi connectivity index (χ0n) is 18.8. The third-order valence-electron chi connectivity index (χ3n) is 6.52. The molecule has 3 aromatic rings. The largest absolute Gasteiger partial charge is 0.312 e. The third-order valence-corrected chi connectivity index (χ3v) is 6.52. The predicted octanol–water partition coefficient (Wildman–Crippen LogP) is 4.12. The first kappa shape index (κ1) is 22.2. The van der Waals surface area contributed by atoms with Gasteiger partial charge < -0.3 is 4.57 Å². The van der Waals surface area contributed by atoms with Crippen LogP contribution in [-0.4, -0.2) is 56.8 Å². The summed E-state index contributed by atoms with van der Waals surface area (Å²) in [6.45, 7) is 8.03. The van der Waals surface area contributed by atoms with Gasteiger partial charge in [0.2, 0.25) is 0 Å². The van der Waals surface area contributed by atoms with Gasteiger partial charge in [0.15, 0.2) is 0 Å². The Morgan fingerprint density at radius 2 is 1.69 bits per heavy atom. The lowest BCUT2D eigenvalue weighted by Crippen LogP contribution is -2.36. The molecule has 2 aliphatic heterocycles. The summed E-state index contributed by atoms with van der Waals surface area (Å²) in [6, 6.07) is 22.8. The molecule has 0 aliphatic carbocycles. The molecule has 6 nitrogen and oxygen atoms in total. The molecule has 0 N–H and O–H groups in total. The quantitative estimate of drug-likeness (QED) is 0.612. The van der Waals surface area contributed by atoms with Crippen LogP contribution in [0.5, 0.6) is 0 Å². The van der Waals surface area contributed by atoms with Gasteiger partial charge in [0, 0.05) is 19.1 Å². The molecule has 0 bridgehead atoms. The highest BCUT2D eigenvalue weighted by Gasteiger charge is 2.33. The Labute approximate surface area is 191 Å². The van der Waals surface area contributed by atoms with Crippen LogP contribution in [0.3, 0.4) is 0 Å². The van der Waals surface area contributed by atoms with E-state index >= 15 is 0 Å². The van der Waals surface area contributed by atoms with Gasteiger partial charge in [-0.05, 0) is 57.0 Å². The zero-order chi connectivity index (χ0) is 22.2.